The molecule has 0 saturated carbocycles. The molecule has 8 nitrogen and oxygen atoms in total. The van der Waals surface area contributed by atoms with Crippen LogP contribution < -0.4 is 10.1 Å². The molecule has 8 heteroatoms. The van der Waals surface area contributed by atoms with E-state index in [9.17, 15) is 20.2 Å². The number of methoxy groups -OCH3 is 1. The first-order valence-electron chi connectivity index (χ1n) is 8.54. The lowest BCUT2D eigenvalue weighted by atomic mass is 9.76. The van der Waals surface area contributed by atoms with Crippen LogP contribution in [0.15, 0.2) is 48.6 Å². The zero-order valence-corrected chi connectivity index (χ0v) is 14.5. The number of para-hydroxylation sites is 1. The summed E-state index contributed by atoms with van der Waals surface area (Å²) in [7, 11) is 1.46. The van der Waals surface area contributed by atoms with Crippen LogP contribution in [-0.4, -0.2) is 17.0 Å². The maximum Gasteiger partial charge on any atom is 0.274 e. The second-order valence-corrected chi connectivity index (χ2v) is 6.66. The van der Waals surface area contributed by atoms with Gasteiger partial charge in [-0.1, -0.05) is 30.4 Å². The van der Waals surface area contributed by atoms with Gasteiger partial charge in [-0.15, -0.1) is 0 Å². The third-order valence-electron chi connectivity index (χ3n) is 5.32. The van der Waals surface area contributed by atoms with Gasteiger partial charge in [-0.25, -0.2) is 0 Å². The smallest absolute Gasteiger partial charge is 0.274 e. The molecule has 4 rings (SSSR count). The Bertz CT molecular complexity index is 972. The van der Waals surface area contributed by atoms with Crippen LogP contribution >= 0.6 is 0 Å². The number of nitrogens with zero attached hydrogens (tertiary/aromatic N) is 2. The molecule has 2 aliphatic rings. The second kappa shape index (κ2) is 6.39. The quantitative estimate of drug-likeness (QED) is 0.489. The van der Waals surface area contributed by atoms with E-state index in [0.29, 0.717) is 17.0 Å². The lowest BCUT2D eigenvalue weighted by molar-refractivity contribution is -0.385. The van der Waals surface area contributed by atoms with Gasteiger partial charge in [-0.05, 0) is 17.9 Å². The minimum atomic E-state index is -0.440. The third-order valence-corrected chi connectivity index (χ3v) is 5.32. The summed E-state index contributed by atoms with van der Waals surface area (Å²) in [5.41, 5.74) is 2.07. The monoisotopic (exact) mass is 367 g/mol. The number of nitro benzene ring substituents is 2. The van der Waals surface area contributed by atoms with Crippen molar-refractivity contribution in [2.24, 2.45) is 5.92 Å². The summed E-state index contributed by atoms with van der Waals surface area (Å²) < 4.78 is 5.39. The first-order valence-corrected chi connectivity index (χ1v) is 8.54. The Hall–Kier alpha value is -3.42. The predicted octanol–water partition coefficient (Wildman–Crippen LogP) is 4.34. The van der Waals surface area contributed by atoms with Gasteiger partial charge in [0.05, 0.1) is 40.3 Å². The van der Waals surface area contributed by atoms with Gasteiger partial charge in [0, 0.05) is 18.1 Å². The molecule has 2 aromatic carbocycles. The molecule has 0 fully saturated rings. The number of fused-ring (bicyclic) bond motifs is 3. The lowest BCUT2D eigenvalue weighted by Crippen LogP contribution is -2.30. The van der Waals surface area contributed by atoms with Crippen molar-refractivity contribution in [2.75, 3.05) is 12.4 Å². The zero-order valence-electron chi connectivity index (χ0n) is 14.5. The molecule has 2 aromatic rings. The number of nitro groups is 2. The molecule has 0 unspecified atom stereocenters. The average molecular weight is 367 g/mol. The van der Waals surface area contributed by atoms with Gasteiger partial charge in [0.25, 0.3) is 11.4 Å². The van der Waals surface area contributed by atoms with Crippen LogP contribution in [0.3, 0.4) is 0 Å². The third kappa shape index (κ3) is 2.69. The van der Waals surface area contributed by atoms with E-state index in [2.05, 4.69) is 5.32 Å². The highest BCUT2D eigenvalue weighted by atomic mass is 16.6. The van der Waals surface area contributed by atoms with Gasteiger partial charge in [0.2, 0.25) is 0 Å². The van der Waals surface area contributed by atoms with Crippen molar-refractivity contribution in [2.45, 2.75) is 18.4 Å². The molecule has 0 amide bonds. The number of anilines is 1. The Kier molecular flexibility index (Phi) is 4.02. The molecule has 138 valence electrons. The maximum absolute atomic E-state index is 11.5. The normalized spacial score (nSPS) is 22.5. The average Bonchev–Trinajstić information content (AvgIpc) is 3.16. The summed E-state index contributed by atoms with van der Waals surface area (Å²) in [6.07, 6.45) is 4.79. The number of allylic oxidation sites excluding steroid dienone is 2. The van der Waals surface area contributed by atoms with E-state index in [4.69, 9.17) is 4.74 Å². The minimum Gasteiger partial charge on any atom is -0.494 e. The highest BCUT2D eigenvalue weighted by Crippen LogP contribution is 2.54. The van der Waals surface area contributed by atoms with E-state index in [1.54, 1.807) is 24.3 Å². The SMILES string of the molecule is COc1cc([N+](=O)[O-])cc2c1N[C@H](c1ccccc1[N+](=O)[O-])[C@H]1CC=C[C@H]21. The van der Waals surface area contributed by atoms with Gasteiger partial charge >= 0.3 is 0 Å². The van der Waals surface area contributed by atoms with E-state index < -0.39 is 4.92 Å². The van der Waals surface area contributed by atoms with Gasteiger partial charge in [-0.2, -0.15) is 0 Å². The van der Waals surface area contributed by atoms with Crippen LogP contribution in [0.5, 0.6) is 5.75 Å². The van der Waals surface area contributed by atoms with Gasteiger partial charge < -0.3 is 10.1 Å². The van der Waals surface area contributed by atoms with Crippen LogP contribution in [0.1, 0.15) is 29.5 Å². The number of rotatable bonds is 4. The van der Waals surface area contributed by atoms with E-state index in [1.807, 2.05) is 12.2 Å². The van der Waals surface area contributed by atoms with E-state index in [-0.39, 0.29) is 34.2 Å². The Morgan fingerprint density at radius 3 is 2.59 bits per heavy atom. The number of benzene rings is 2. The van der Waals surface area contributed by atoms with Crippen LogP contribution in [0.25, 0.3) is 0 Å². The van der Waals surface area contributed by atoms with E-state index in [1.165, 1.54) is 19.2 Å². The standard InChI is InChI=1S/C19H17N3O5/c1-27-17-10-11(21(23)24)9-15-12-6-4-7-13(12)18(20-19(15)17)14-5-2-3-8-16(14)22(25)26/h2-6,8-10,12-13,18,20H,7H2,1H3/t12-,13-,18-/m0/s1. The summed E-state index contributed by atoms with van der Waals surface area (Å²) >= 11 is 0. The number of non-ortho nitro benzene ring substituents is 1. The lowest BCUT2D eigenvalue weighted by Gasteiger charge is -2.37. The minimum absolute atomic E-state index is 0.0319. The van der Waals surface area contributed by atoms with Crippen molar-refractivity contribution in [3.05, 3.63) is 79.9 Å². The zero-order chi connectivity index (χ0) is 19.1. The first-order chi connectivity index (χ1) is 13.0. The highest BCUT2D eigenvalue weighted by Gasteiger charge is 2.42. The van der Waals surface area contributed by atoms with Gasteiger partial charge in [-0.3, -0.25) is 20.2 Å². The number of ether oxygens (including phenoxy) is 1. The predicted molar refractivity (Wildman–Crippen MR) is 99.1 cm³/mol. The van der Waals surface area contributed by atoms with Crippen molar-refractivity contribution >= 4 is 17.1 Å². The number of hydrogen-bond donors (Lipinski definition) is 1. The van der Waals surface area contributed by atoms with Gasteiger partial charge in [0.1, 0.15) is 5.75 Å². The Labute approximate surface area is 154 Å². The van der Waals surface area contributed by atoms with Crippen molar-refractivity contribution in [3.63, 3.8) is 0 Å². The van der Waals surface area contributed by atoms with Crippen molar-refractivity contribution in [1.82, 2.24) is 0 Å². The molecule has 0 bridgehead atoms. The molecular weight excluding hydrogens is 350 g/mol. The molecule has 1 heterocycles. The van der Waals surface area contributed by atoms with Crippen molar-refractivity contribution in [1.29, 1.82) is 0 Å². The molecule has 1 aliphatic heterocycles. The topological polar surface area (TPSA) is 108 Å². The van der Waals surface area contributed by atoms with Crippen LogP contribution in [0.2, 0.25) is 0 Å². The van der Waals surface area contributed by atoms with Crippen LogP contribution in [0, 0.1) is 26.1 Å². The largest absolute Gasteiger partial charge is 0.494 e. The first kappa shape index (κ1) is 17.0. The molecule has 0 radical (unpaired) electrons. The van der Waals surface area contributed by atoms with E-state index >= 15 is 0 Å². The summed E-state index contributed by atoms with van der Waals surface area (Å²) in [5, 5.41) is 26.2. The molecule has 1 aliphatic carbocycles. The highest BCUT2D eigenvalue weighted by molar-refractivity contribution is 5.71. The fourth-order valence-electron chi connectivity index (χ4n) is 4.14. The summed E-state index contributed by atoms with van der Waals surface area (Å²) in [6.45, 7) is 0. The second-order valence-electron chi connectivity index (χ2n) is 6.66. The van der Waals surface area contributed by atoms with E-state index in [0.717, 1.165) is 12.0 Å². The number of nitrogens with one attached hydrogen (secondary N) is 1. The Morgan fingerprint density at radius 2 is 1.89 bits per heavy atom. The molecule has 0 aromatic heterocycles. The molecule has 0 spiro atoms. The maximum atomic E-state index is 11.5. The molecular formula is C19H17N3O5. The summed E-state index contributed by atoms with van der Waals surface area (Å²) in [4.78, 5) is 22.0. The molecule has 0 saturated heterocycles. The number of hydrogen-bond acceptors (Lipinski definition) is 6. The Morgan fingerprint density at radius 1 is 1.11 bits per heavy atom. The molecule has 27 heavy (non-hydrogen) atoms. The Balaban J connectivity index is 1.88. The van der Waals surface area contributed by atoms with Crippen LogP contribution in [0.4, 0.5) is 17.1 Å². The van der Waals surface area contributed by atoms with Crippen molar-refractivity contribution in [3.8, 4) is 5.75 Å². The van der Waals surface area contributed by atoms with Crippen LogP contribution in [-0.2, 0) is 0 Å². The molecule has 1 N–H and O–H groups in total. The fourth-order valence-corrected chi connectivity index (χ4v) is 4.14. The summed E-state index contributed by atoms with van der Waals surface area (Å²) in [5.74, 6) is 0.326. The van der Waals surface area contributed by atoms with Gasteiger partial charge in [0.15, 0.2) is 0 Å². The molecule has 3 atom stereocenters. The summed E-state index contributed by atoms with van der Waals surface area (Å²) in [6, 6.07) is 9.33. The fraction of sp³-hybridized carbons (Fsp3) is 0.263. The van der Waals surface area contributed by atoms with Crippen molar-refractivity contribution < 1.29 is 14.6 Å².